The molecule has 4 heteroatoms. The molecule has 3 N–H and O–H groups in total. The molecule has 192 valence electrons. The lowest BCUT2D eigenvalue weighted by Crippen LogP contribution is -2.22. The summed E-state index contributed by atoms with van der Waals surface area (Å²) in [5, 5.41) is 0.379. The molecule has 0 bridgehead atoms. The minimum Gasteiger partial charge on any atom is -0.189 e. The molecule has 0 amide bonds. The van der Waals surface area contributed by atoms with Crippen LogP contribution in [0, 0.1) is 18.8 Å². The second-order valence-electron chi connectivity index (χ2n) is 10.7. The maximum absolute atomic E-state index is 10.2. The molecule has 0 radical (unpaired) electrons. The maximum atomic E-state index is 10.2. The number of unbranched alkanes of at least 4 members (excludes halogenated alkanes) is 10. The van der Waals surface area contributed by atoms with E-state index >= 15 is 0 Å². The van der Waals surface area contributed by atoms with E-state index in [0.29, 0.717) is 17.1 Å². The average molecular weight is 482 g/mol. The zero-order chi connectivity index (χ0) is 24.7. The van der Waals surface area contributed by atoms with Crippen LogP contribution in [-0.4, -0.2) is 14.7 Å². The third-order valence-corrected chi connectivity index (χ3v) is 8.24. The van der Waals surface area contributed by atoms with Gasteiger partial charge in [-0.1, -0.05) is 124 Å². The summed E-state index contributed by atoms with van der Waals surface area (Å²) >= 11 is 0. The summed E-state index contributed by atoms with van der Waals surface area (Å²) in [7, 11) is -4.03. The Hall–Kier alpha value is -0.470. The number of hydrogen-bond acceptors (Lipinski definition) is 3. The molecule has 3 nitrogen and oxygen atoms in total. The zero-order valence-electron chi connectivity index (χ0n) is 22.4. The quantitative estimate of drug-likeness (QED) is 0.138. The Kier molecular flexibility index (Phi) is 15.8. The Morgan fingerprint density at radius 1 is 0.636 bits per heavy atom. The lowest BCUT2D eigenvalue weighted by molar-refractivity contribution is 0.346. The highest BCUT2D eigenvalue weighted by Gasteiger charge is 2.38. The van der Waals surface area contributed by atoms with E-state index in [1.165, 1.54) is 94.6 Å². The molecule has 0 fully saturated rings. The van der Waals surface area contributed by atoms with Crippen LogP contribution in [0.5, 0.6) is 0 Å². The SMILES string of the molecule is CCCCCCCCC(C)Cc1c(C)ccc([P+](O)(O)O)c1CC(C)CCCCCCCC. The van der Waals surface area contributed by atoms with Crippen molar-refractivity contribution in [3.63, 3.8) is 0 Å². The summed E-state index contributed by atoms with van der Waals surface area (Å²) in [6, 6.07) is 3.71. The van der Waals surface area contributed by atoms with Crippen LogP contribution in [0.4, 0.5) is 0 Å². The van der Waals surface area contributed by atoms with Crippen molar-refractivity contribution in [1.82, 2.24) is 0 Å². The van der Waals surface area contributed by atoms with Crippen LogP contribution < -0.4 is 5.30 Å². The van der Waals surface area contributed by atoms with Gasteiger partial charge < -0.3 is 0 Å². The minimum atomic E-state index is -4.03. The second-order valence-corrected chi connectivity index (χ2v) is 12.3. The first-order valence-electron chi connectivity index (χ1n) is 13.9. The number of hydrogen-bond donors (Lipinski definition) is 3. The number of aryl methyl sites for hydroxylation is 1. The highest BCUT2D eigenvalue weighted by molar-refractivity contribution is 7.66. The zero-order valence-corrected chi connectivity index (χ0v) is 23.3. The van der Waals surface area contributed by atoms with Gasteiger partial charge in [-0.2, -0.15) is 14.7 Å². The third-order valence-electron chi connectivity index (χ3n) is 7.17. The molecule has 0 spiro atoms. The molecule has 1 rings (SSSR count). The molecule has 1 aromatic carbocycles. The molecule has 0 aliphatic carbocycles. The number of rotatable bonds is 19. The van der Waals surface area contributed by atoms with E-state index in [0.717, 1.165) is 24.8 Å². The second kappa shape index (κ2) is 17.0. The minimum absolute atomic E-state index is 0.379. The molecule has 0 aliphatic heterocycles. The van der Waals surface area contributed by atoms with Gasteiger partial charge in [0, 0.05) is 5.56 Å². The van der Waals surface area contributed by atoms with E-state index in [4.69, 9.17) is 0 Å². The van der Waals surface area contributed by atoms with Crippen molar-refractivity contribution in [1.29, 1.82) is 0 Å². The Morgan fingerprint density at radius 2 is 1.06 bits per heavy atom. The summed E-state index contributed by atoms with van der Waals surface area (Å²) in [4.78, 5) is 30.6. The molecular weight excluding hydrogens is 427 g/mol. The first kappa shape index (κ1) is 30.6. The topological polar surface area (TPSA) is 60.7 Å². The molecule has 2 unspecified atom stereocenters. The van der Waals surface area contributed by atoms with Crippen LogP contribution in [0.15, 0.2) is 12.1 Å². The Morgan fingerprint density at radius 3 is 1.52 bits per heavy atom. The summed E-state index contributed by atoms with van der Waals surface area (Å²) in [5.74, 6) is 1.03. The fraction of sp³-hybridized carbons (Fsp3) is 0.793. The Labute approximate surface area is 206 Å². The van der Waals surface area contributed by atoms with Crippen molar-refractivity contribution < 1.29 is 14.7 Å². The third kappa shape index (κ3) is 12.7. The fourth-order valence-corrected chi connectivity index (χ4v) is 5.90. The predicted molar refractivity (Wildman–Crippen MR) is 146 cm³/mol. The predicted octanol–water partition coefficient (Wildman–Crippen LogP) is 8.22. The number of benzene rings is 1. The standard InChI is InChI=1S/C29H54O3P/c1-6-8-10-12-14-16-18-24(3)22-27-26(5)20-21-29(33(30,31)32)28(27)23-25(4)19-17-15-13-11-9-7-2/h20-21,24-25,30-32H,6-19,22-23H2,1-5H3/q+1. The Bertz CT molecular complexity index is 638. The van der Waals surface area contributed by atoms with Gasteiger partial charge in [-0.15, -0.1) is 0 Å². The van der Waals surface area contributed by atoms with Crippen molar-refractivity contribution in [2.24, 2.45) is 11.8 Å². The molecule has 2 atom stereocenters. The normalized spacial score (nSPS) is 13.9. The van der Waals surface area contributed by atoms with Crippen LogP contribution in [0.1, 0.15) is 134 Å². The van der Waals surface area contributed by atoms with E-state index in [1.54, 1.807) is 6.07 Å². The van der Waals surface area contributed by atoms with E-state index in [2.05, 4.69) is 34.6 Å². The molecular formula is C29H54O3P+. The van der Waals surface area contributed by atoms with E-state index in [-0.39, 0.29) is 0 Å². The largest absolute Gasteiger partial charge is 0.441 e. The first-order chi connectivity index (χ1) is 15.7. The lowest BCUT2D eigenvalue weighted by Gasteiger charge is -2.22. The van der Waals surface area contributed by atoms with Gasteiger partial charge in [-0.05, 0) is 48.8 Å². The summed E-state index contributed by atoms with van der Waals surface area (Å²) < 4.78 is 0. The van der Waals surface area contributed by atoms with Gasteiger partial charge in [0.2, 0.25) is 0 Å². The van der Waals surface area contributed by atoms with Gasteiger partial charge in [0.15, 0.2) is 5.30 Å². The molecule has 0 saturated heterocycles. The van der Waals surface area contributed by atoms with Crippen molar-refractivity contribution in [2.45, 2.75) is 137 Å². The van der Waals surface area contributed by atoms with Gasteiger partial charge in [-0.25, -0.2) is 0 Å². The molecule has 0 heterocycles. The summed E-state index contributed by atoms with van der Waals surface area (Å²) in [5.41, 5.74) is 3.45. The highest BCUT2D eigenvalue weighted by Crippen LogP contribution is 2.45. The van der Waals surface area contributed by atoms with Gasteiger partial charge in [0.1, 0.15) is 0 Å². The molecule has 0 aromatic heterocycles. The van der Waals surface area contributed by atoms with Gasteiger partial charge in [0.05, 0.1) is 0 Å². The molecule has 0 saturated carbocycles. The smallest absolute Gasteiger partial charge is 0.189 e. The van der Waals surface area contributed by atoms with Crippen LogP contribution in [0.25, 0.3) is 0 Å². The van der Waals surface area contributed by atoms with Crippen LogP contribution in [0.2, 0.25) is 0 Å². The summed E-state index contributed by atoms with van der Waals surface area (Å²) in [6.07, 6.45) is 19.8. The summed E-state index contributed by atoms with van der Waals surface area (Å²) in [6.45, 7) is 11.2. The first-order valence-corrected chi connectivity index (χ1v) is 15.5. The van der Waals surface area contributed by atoms with Crippen molar-refractivity contribution in [3.05, 3.63) is 28.8 Å². The van der Waals surface area contributed by atoms with Gasteiger partial charge in [-0.3, -0.25) is 0 Å². The highest BCUT2D eigenvalue weighted by atomic mass is 31.2. The Balaban J connectivity index is 2.80. The van der Waals surface area contributed by atoms with Crippen LogP contribution in [-0.2, 0) is 12.8 Å². The van der Waals surface area contributed by atoms with Crippen LogP contribution >= 0.6 is 7.94 Å². The molecule has 33 heavy (non-hydrogen) atoms. The van der Waals surface area contributed by atoms with Crippen molar-refractivity contribution in [3.8, 4) is 0 Å². The molecule has 1 aromatic rings. The van der Waals surface area contributed by atoms with E-state index in [9.17, 15) is 14.7 Å². The van der Waals surface area contributed by atoms with Gasteiger partial charge >= 0.3 is 7.94 Å². The van der Waals surface area contributed by atoms with Crippen molar-refractivity contribution >= 4 is 13.2 Å². The molecule has 0 aliphatic rings. The van der Waals surface area contributed by atoms with Crippen LogP contribution in [0.3, 0.4) is 0 Å². The van der Waals surface area contributed by atoms with Crippen molar-refractivity contribution in [2.75, 3.05) is 0 Å². The van der Waals surface area contributed by atoms with E-state index < -0.39 is 7.94 Å². The lowest BCUT2D eigenvalue weighted by atomic mass is 9.86. The van der Waals surface area contributed by atoms with Gasteiger partial charge in [0.25, 0.3) is 0 Å². The maximum Gasteiger partial charge on any atom is 0.441 e. The monoisotopic (exact) mass is 481 g/mol. The average Bonchev–Trinajstić information content (AvgIpc) is 2.74. The van der Waals surface area contributed by atoms with E-state index in [1.807, 2.05) is 6.07 Å². The fourth-order valence-electron chi connectivity index (χ4n) is 5.04.